The van der Waals surface area contributed by atoms with E-state index in [0.717, 1.165) is 19.3 Å². The van der Waals surface area contributed by atoms with Crippen molar-refractivity contribution in [3.63, 3.8) is 0 Å². The van der Waals surface area contributed by atoms with Gasteiger partial charge in [0.05, 0.1) is 12.5 Å². The Labute approximate surface area is 135 Å². The van der Waals surface area contributed by atoms with Gasteiger partial charge in [0.2, 0.25) is 0 Å². The van der Waals surface area contributed by atoms with Gasteiger partial charge in [-0.25, -0.2) is 0 Å². The highest BCUT2D eigenvalue weighted by Crippen LogP contribution is 2.19. The van der Waals surface area contributed by atoms with Gasteiger partial charge in [-0.2, -0.15) is 0 Å². The van der Waals surface area contributed by atoms with E-state index in [1.807, 2.05) is 20.8 Å². The topological polar surface area (TPSA) is 52.6 Å². The molecule has 0 aliphatic carbocycles. The highest BCUT2D eigenvalue weighted by atomic mass is 16.5. The Kier molecular flexibility index (Phi) is 12.9. The Hall–Kier alpha value is -1.06. The molecule has 4 heteroatoms. The van der Waals surface area contributed by atoms with E-state index in [1.54, 1.807) is 0 Å². The summed E-state index contributed by atoms with van der Waals surface area (Å²) in [6.45, 7) is 8.38. The van der Waals surface area contributed by atoms with Crippen LogP contribution in [-0.2, 0) is 19.1 Å². The van der Waals surface area contributed by atoms with E-state index in [-0.39, 0.29) is 24.0 Å². The van der Waals surface area contributed by atoms with Crippen molar-refractivity contribution in [3.8, 4) is 0 Å². The van der Waals surface area contributed by atoms with Crippen LogP contribution in [0.2, 0.25) is 0 Å². The third-order valence-electron chi connectivity index (χ3n) is 3.90. The quantitative estimate of drug-likeness (QED) is 0.459. The van der Waals surface area contributed by atoms with E-state index < -0.39 is 0 Å². The molecule has 130 valence electrons. The summed E-state index contributed by atoms with van der Waals surface area (Å²) in [5.74, 6) is -0.0245. The molecule has 4 nitrogen and oxygen atoms in total. The summed E-state index contributed by atoms with van der Waals surface area (Å²) in [6.07, 6.45) is 10.2. The molecule has 1 saturated heterocycles. The Balaban J connectivity index is 0.000000433. The fraction of sp³-hybridized carbons (Fsp3) is 0.889. The van der Waals surface area contributed by atoms with Crippen LogP contribution in [0.1, 0.15) is 85.5 Å². The molecule has 0 aromatic rings. The lowest BCUT2D eigenvalue weighted by Crippen LogP contribution is -2.13. The lowest BCUT2D eigenvalue weighted by molar-refractivity contribution is -0.147. The molecule has 1 aliphatic rings. The molecular weight excluding hydrogens is 280 g/mol. The number of unbranched alkanes of at least 4 members (excludes halogenated alkanes) is 4. The minimum absolute atomic E-state index is 0.00134. The van der Waals surface area contributed by atoms with Gasteiger partial charge in [-0.3, -0.25) is 9.59 Å². The Morgan fingerprint density at radius 3 is 2.41 bits per heavy atom. The van der Waals surface area contributed by atoms with Gasteiger partial charge in [-0.1, -0.05) is 46.5 Å². The number of carbonyl (C=O) groups is 2. The molecule has 0 amide bonds. The zero-order chi connectivity index (χ0) is 16.8. The fourth-order valence-electron chi connectivity index (χ4n) is 2.21. The molecule has 0 radical (unpaired) electrons. The minimum Gasteiger partial charge on any atom is -0.466 e. The largest absolute Gasteiger partial charge is 0.466 e. The smallest absolute Gasteiger partial charge is 0.308 e. The maximum absolute atomic E-state index is 10.8. The molecule has 0 spiro atoms. The number of rotatable bonds is 9. The fourth-order valence-corrected chi connectivity index (χ4v) is 2.21. The van der Waals surface area contributed by atoms with E-state index in [0.29, 0.717) is 13.0 Å². The van der Waals surface area contributed by atoms with E-state index in [4.69, 9.17) is 9.47 Å². The normalized spacial score (nSPS) is 18.2. The van der Waals surface area contributed by atoms with Gasteiger partial charge in [-0.15, -0.1) is 0 Å². The number of cyclic esters (lactones) is 1. The van der Waals surface area contributed by atoms with Crippen molar-refractivity contribution in [2.75, 3.05) is 6.61 Å². The van der Waals surface area contributed by atoms with Crippen molar-refractivity contribution in [1.82, 2.24) is 0 Å². The monoisotopic (exact) mass is 314 g/mol. The van der Waals surface area contributed by atoms with E-state index >= 15 is 0 Å². The van der Waals surface area contributed by atoms with Crippen LogP contribution in [0.4, 0.5) is 0 Å². The molecule has 2 atom stereocenters. The van der Waals surface area contributed by atoms with Gasteiger partial charge in [-0.05, 0) is 32.6 Å². The molecule has 1 heterocycles. The Morgan fingerprint density at radius 1 is 1.23 bits per heavy atom. The second-order valence-corrected chi connectivity index (χ2v) is 5.91. The first-order chi connectivity index (χ1) is 10.5. The maximum Gasteiger partial charge on any atom is 0.308 e. The first-order valence-electron chi connectivity index (χ1n) is 8.91. The molecule has 1 rings (SSSR count). The third kappa shape index (κ3) is 10.6. The molecule has 1 fully saturated rings. The molecule has 22 heavy (non-hydrogen) atoms. The molecular formula is C18H34O4. The van der Waals surface area contributed by atoms with E-state index in [9.17, 15) is 9.59 Å². The lowest BCUT2D eigenvalue weighted by atomic mass is 10.1. The number of hydrogen-bond donors (Lipinski definition) is 0. The van der Waals surface area contributed by atoms with Crippen LogP contribution in [-0.4, -0.2) is 24.6 Å². The summed E-state index contributed by atoms with van der Waals surface area (Å²) < 4.78 is 9.88. The second kappa shape index (κ2) is 13.6. The van der Waals surface area contributed by atoms with Gasteiger partial charge in [0.1, 0.15) is 6.10 Å². The van der Waals surface area contributed by atoms with Crippen LogP contribution >= 0.6 is 0 Å². The standard InChI is InChI=1S/C11H20O2.C7H14O2/c1-2-3-4-5-6-7-10-8-9-11(12)13-10;1-4-6(3)7(8)9-5-2/h10H,2-9H2,1H3;6H,4-5H2,1-3H3. The van der Waals surface area contributed by atoms with Gasteiger partial charge in [0, 0.05) is 6.42 Å². The Bertz CT molecular complexity index is 301. The summed E-state index contributed by atoms with van der Waals surface area (Å²) in [5.41, 5.74) is 0. The predicted molar refractivity (Wildman–Crippen MR) is 88.6 cm³/mol. The highest BCUT2D eigenvalue weighted by molar-refractivity contribution is 5.71. The van der Waals surface area contributed by atoms with Crippen LogP contribution in [0.25, 0.3) is 0 Å². The van der Waals surface area contributed by atoms with Gasteiger partial charge >= 0.3 is 11.9 Å². The van der Waals surface area contributed by atoms with Crippen molar-refractivity contribution in [2.45, 2.75) is 91.6 Å². The number of carbonyl (C=O) groups excluding carboxylic acids is 2. The number of ether oxygens (including phenoxy) is 2. The van der Waals surface area contributed by atoms with Gasteiger partial charge in [0.15, 0.2) is 0 Å². The number of esters is 2. The SMILES string of the molecule is CCCCCCCC1CCC(=O)O1.CCOC(=O)C(C)CC. The zero-order valence-electron chi connectivity index (χ0n) is 14.9. The summed E-state index contributed by atoms with van der Waals surface area (Å²) in [6, 6.07) is 0. The highest BCUT2D eigenvalue weighted by Gasteiger charge is 2.22. The average Bonchev–Trinajstić information content (AvgIpc) is 2.92. The van der Waals surface area contributed by atoms with Gasteiger partial charge in [0.25, 0.3) is 0 Å². The molecule has 0 aromatic heterocycles. The summed E-state index contributed by atoms with van der Waals surface area (Å²) in [7, 11) is 0. The summed E-state index contributed by atoms with van der Waals surface area (Å²) in [4.78, 5) is 21.5. The zero-order valence-corrected chi connectivity index (χ0v) is 14.9. The van der Waals surface area contributed by atoms with Crippen molar-refractivity contribution in [1.29, 1.82) is 0 Å². The van der Waals surface area contributed by atoms with Crippen LogP contribution in [0, 0.1) is 5.92 Å². The summed E-state index contributed by atoms with van der Waals surface area (Å²) in [5, 5.41) is 0. The van der Waals surface area contributed by atoms with Crippen LogP contribution in [0.5, 0.6) is 0 Å². The van der Waals surface area contributed by atoms with Crippen molar-refractivity contribution >= 4 is 11.9 Å². The van der Waals surface area contributed by atoms with E-state index in [1.165, 1.54) is 32.1 Å². The summed E-state index contributed by atoms with van der Waals surface area (Å²) >= 11 is 0. The molecule has 0 aromatic carbocycles. The average molecular weight is 314 g/mol. The minimum atomic E-state index is -0.0833. The number of hydrogen-bond acceptors (Lipinski definition) is 4. The van der Waals surface area contributed by atoms with E-state index in [2.05, 4.69) is 6.92 Å². The van der Waals surface area contributed by atoms with Crippen LogP contribution in [0.15, 0.2) is 0 Å². The third-order valence-corrected chi connectivity index (χ3v) is 3.90. The van der Waals surface area contributed by atoms with Crippen LogP contribution in [0.3, 0.4) is 0 Å². The van der Waals surface area contributed by atoms with Crippen molar-refractivity contribution in [3.05, 3.63) is 0 Å². The molecule has 0 N–H and O–H groups in total. The molecule has 1 aliphatic heterocycles. The first kappa shape index (κ1) is 20.9. The molecule has 0 saturated carbocycles. The second-order valence-electron chi connectivity index (χ2n) is 5.91. The molecule has 0 bridgehead atoms. The van der Waals surface area contributed by atoms with Gasteiger partial charge < -0.3 is 9.47 Å². The van der Waals surface area contributed by atoms with Crippen LogP contribution < -0.4 is 0 Å². The van der Waals surface area contributed by atoms with Crippen molar-refractivity contribution in [2.24, 2.45) is 5.92 Å². The van der Waals surface area contributed by atoms with Crippen molar-refractivity contribution < 1.29 is 19.1 Å². The molecule has 2 unspecified atom stereocenters. The first-order valence-corrected chi connectivity index (χ1v) is 8.91. The predicted octanol–water partition coefficient (Wildman–Crippen LogP) is 4.65. The maximum atomic E-state index is 10.8. The Morgan fingerprint density at radius 2 is 1.91 bits per heavy atom. The lowest BCUT2D eigenvalue weighted by Gasteiger charge is -2.07.